The van der Waals surface area contributed by atoms with Gasteiger partial charge in [-0.15, -0.1) is 0 Å². The van der Waals surface area contributed by atoms with Gasteiger partial charge in [-0.25, -0.2) is 0 Å². The van der Waals surface area contributed by atoms with E-state index in [1.54, 1.807) is 26.2 Å². The van der Waals surface area contributed by atoms with Crippen molar-refractivity contribution in [3.8, 4) is 5.75 Å². The molecule has 2 N–H and O–H groups in total. The molecule has 20 heavy (non-hydrogen) atoms. The molecule has 0 fully saturated rings. The van der Waals surface area contributed by atoms with Gasteiger partial charge in [-0.05, 0) is 49.6 Å². The van der Waals surface area contributed by atoms with Crippen molar-refractivity contribution >= 4 is 5.97 Å². The van der Waals surface area contributed by atoms with Gasteiger partial charge in [0, 0.05) is 0 Å². The molecule has 1 rings (SSSR count). The monoisotopic (exact) mass is 282 g/mol. The highest BCUT2D eigenvalue weighted by Crippen LogP contribution is 2.29. The van der Waals surface area contributed by atoms with Gasteiger partial charge in [0.1, 0.15) is 11.9 Å². The van der Waals surface area contributed by atoms with Crippen LogP contribution in [0.2, 0.25) is 0 Å². The van der Waals surface area contributed by atoms with Gasteiger partial charge in [0.25, 0.3) is 0 Å². The van der Waals surface area contributed by atoms with E-state index in [4.69, 9.17) is 9.47 Å². The number of carbonyl (C=O) groups is 1. The van der Waals surface area contributed by atoms with Crippen LogP contribution in [0.4, 0.5) is 0 Å². The van der Waals surface area contributed by atoms with Crippen LogP contribution in [-0.4, -0.2) is 36.0 Å². The van der Waals surface area contributed by atoms with Crippen LogP contribution in [0.5, 0.6) is 5.75 Å². The Morgan fingerprint density at radius 2 is 1.80 bits per heavy atom. The summed E-state index contributed by atoms with van der Waals surface area (Å²) in [6.45, 7) is 5.59. The molecule has 0 aliphatic rings. The van der Waals surface area contributed by atoms with Crippen molar-refractivity contribution in [2.45, 2.75) is 39.4 Å². The molecule has 1 aromatic carbocycles. The second-order valence-electron chi connectivity index (χ2n) is 4.70. The molecule has 2 unspecified atom stereocenters. The predicted octanol–water partition coefficient (Wildman–Crippen LogP) is 1.66. The molecule has 0 radical (unpaired) electrons. The quantitative estimate of drug-likeness (QED) is 0.776. The second kappa shape index (κ2) is 7.26. The lowest BCUT2D eigenvalue weighted by Gasteiger charge is -2.22. The SMILES string of the molecule is CCOC(=O)CC(O)C(O)c1c(C)cc(OC)cc1C. The third-order valence-electron chi connectivity index (χ3n) is 3.14. The highest BCUT2D eigenvalue weighted by atomic mass is 16.5. The topological polar surface area (TPSA) is 76.0 Å². The molecule has 0 amide bonds. The van der Waals surface area contributed by atoms with Crippen LogP contribution in [0, 0.1) is 13.8 Å². The zero-order chi connectivity index (χ0) is 15.3. The Morgan fingerprint density at radius 3 is 2.25 bits per heavy atom. The molecule has 112 valence electrons. The largest absolute Gasteiger partial charge is 0.497 e. The van der Waals surface area contributed by atoms with E-state index in [9.17, 15) is 15.0 Å². The van der Waals surface area contributed by atoms with Crippen LogP contribution in [0.25, 0.3) is 0 Å². The minimum absolute atomic E-state index is 0.236. The first-order valence-electron chi connectivity index (χ1n) is 6.57. The lowest BCUT2D eigenvalue weighted by molar-refractivity contribution is -0.147. The normalized spacial score (nSPS) is 13.7. The molecule has 0 aromatic heterocycles. The van der Waals surface area contributed by atoms with Crippen molar-refractivity contribution in [3.05, 3.63) is 28.8 Å². The van der Waals surface area contributed by atoms with Gasteiger partial charge in [-0.1, -0.05) is 0 Å². The summed E-state index contributed by atoms with van der Waals surface area (Å²) in [7, 11) is 1.57. The second-order valence-corrected chi connectivity index (χ2v) is 4.70. The highest BCUT2D eigenvalue weighted by molar-refractivity contribution is 5.70. The maximum Gasteiger partial charge on any atom is 0.308 e. The van der Waals surface area contributed by atoms with Gasteiger partial charge >= 0.3 is 5.97 Å². The molecule has 5 nitrogen and oxygen atoms in total. The fourth-order valence-electron chi connectivity index (χ4n) is 2.21. The molecule has 0 saturated carbocycles. The van der Waals surface area contributed by atoms with Crippen LogP contribution in [0.15, 0.2) is 12.1 Å². The molecule has 0 aliphatic heterocycles. The number of methoxy groups -OCH3 is 1. The number of aryl methyl sites for hydroxylation is 2. The summed E-state index contributed by atoms with van der Waals surface area (Å²) in [4.78, 5) is 11.3. The first kappa shape index (κ1) is 16.5. The van der Waals surface area contributed by atoms with Crippen molar-refractivity contribution < 1.29 is 24.5 Å². The summed E-state index contributed by atoms with van der Waals surface area (Å²) < 4.78 is 9.91. The van der Waals surface area contributed by atoms with E-state index in [1.807, 2.05) is 13.8 Å². The van der Waals surface area contributed by atoms with Gasteiger partial charge in [-0.2, -0.15) is 0 Å². The molecule has 0 bridgehead atoms. The number of hydrogen-bond acceptors (Lipinski definition) is 5. The Morgan fingerprint density at radius 1 is 1.25 bits per heavy atom. The standard InChI is InChI=1S/C15H22O5/c1-5-20-13(17)8-12(16)15(18)14-9(2)6-11(19-4)7-10(14)3/h6-7,12,15-16,18H,5,8H2,1-4H3. The molecule has 5 heteroatoms. The van der Waals surface area contributed by atoms with Crippen LogP contribution < -0.4 is 4.74 Å². The van der Waals surface area contributed by atoms with Gasteiger partial charge in [0.15, 0.2) is 0 Å². The average molecular weight is 282 g/mol. The summed E-state index contributed by atoms with van der Waals surface area (Å²) in [5.74, 6) is 0.165. The first-order chi connectivity index (χ1) is 9.40. The smallest absolute Gasteiger partial charge is 0.308 e. The van der Waals surface area contributed by atoms with E-state index in [0.717, 1.165) is 11.1 Å². The summed E-state index contributed by atoms with van der Waals surface area (Å²) in [5, 5.41) is 20.2. The number of rotatable bonds is 6. The highest BCUT2D eigenvalue weighted by Gasteiger charge is 2.25. The van der Waals surface area contributed by atoms with Gasteiger partial charge in [-0.3, -0.25) is 4.79 Å². The number of carbonyl (C=O) groups excluding carboxylic acids is 1. The van der Waals surface area contributed by atoms with E-state index >= 15 is 0 Å². The summed E-state index contributed by atoms with van der Waals surface area (Å²) in [6.07, 6.45) is -2.56. The third kappa shape index (κ3) is 3.95. The summed E-state index contributed by atoms with van der Waals surface area (Å²) in [6, 6.07) is 3.56. The van der Waals surface area contributed by atoms with Crippen LogP contribution in [-0.2, 0) is 9.53 Å². The Labute approximate surface area is 119 Å². The molecule has 0 spiro atoms. The molecule has 1 aromatic rings. The Hall–Kier alpha value is -1.59. The molecular formula is C15H22O5. The number of aliphatic hydroxyl groups excluding tert-OH is 2. The van der Waals surface area contributed by atoms with Crippen molar-refractivity contribution in [3.63, 3.8) is 0 Å². The van der Waals surface area contributed by atoms with Crippen molar-refractivity contribution in [2.75, 3.05) is 13.7 Å². The fourth-order valence-corrected chi connectivity index (χ4v) is 2.21. The molecule has 0 heterocycles. The van der Waals surface area contributed by atoms with Crippen molar-refractivity contribution in [1.29, 1.82) is 0 Å². The van der Waals surface area contributed by atoms with Gasteiger partial charge < -0.3 is 19.7 Å². The van der Waals surface area contributed by atoms with E-state index in [1.165, 1.54) is 0 Å². The fraction of sp³-hybridized carbons (Fsp3) is 0.533. The van der Waals surface area contributed by atoms with Gasteiger partial charge in [0.2, 0.25) is 0 Å². The maximum atomic E-state index is 11.3. The zero-order valence-corrected chi connectivity index (χ0v) is 12.3. The van der Waals surface area contributed by atoms with Crippen LogP contribution in [0.3, 0.4) is 0 Å². The number of aliphatic hydroxyl groups is 2. The third-order valence-corrected chi connectivity index (χ3v) is 3.14. The molecule has 0 saturated heterocycles. The van der Waals surface area contributed by atoms with E-state index in [2.05, 4.69) is 0 Å². The Balaban J connectivity index is 2.91. The Bertz CT molecular complexity index is 446. The van der Waals surface area contributed by atoms with Crippen molar-refractivity contribution in [2.24, 2.45) is 0 Å². The number of ether oxygens (including phenoxy) is 2. The van der Waals surface area contributed by atoms with E-state index < -0.39 is 18.2 Å². The van der Waals surface area contributed by atoms with Crippen LogP contribution in [0.1, 0.15) is 36.1 Å². The van der Waals surface area contributed by atoms with E-state index in [0.29, 0.717) is 11.3 Å². The number of benzene rings is 1. The maximum absolute atomic E-state index is 11.3. The van der Waals surface area contributed by atoms with Crippen molar-refractivity contribution in [1.82, 2.24) is 0 Å². The lowest BCUT2D eigenvalue weighted by atomic mass is 9.93. The number of hydrogen-bond donors (Lipinski definition) is 2. The minimum atomic E-state index is -1.19. The molecular weight excluding hydrogens is 260 g/mol. The summed E-state index contributed by atoms with van der Waals surface area (Å²) in [5.41, 5.74) is 2.22. The molecule has 2 atom stereocenters. The van der Waals surface area contributed by atoms with Crippen LogP contribution >= 0.6 is 0 Å². The first-order valence-corrected chi connectivity index (χ1v) is 6.57. The average Bonchev–Trinajstić information content (AvgIpc) is 2.37. The minimum Gasteiger partial charge on any atom is -0.497 e. The predicted molar refractivity (Wildman–Crippen MR) is 74.7 cm³/mol. The van der Waals surface area contributed by atoms with E-state index in [-0.39, 0.29) is 13.0 Å². The lowest BCUT2D eigenvalue weighted by Crippen LogP contribution is -2.24. The number of esters is 1. The Kier molecular flexibility index (Phi) is 5.98. The summed E-state index contributed by atoms with van der Waals surface area (Å²) >= 11 is 0. The zero-order valence-electron chi connectivity index (χ0n) is 12.3. The molecule has 0 aliphatic carbocycles. The van der Waals surface area contributed by atoms with Gasteiger partial charge in [0.05, 0.1) is 26.2 Å².